The van der Waals surface area contributed by atoms with E-state index in [2.05, 4.69) is 10.1 Å². The largest absolute Gasteiger partial charge is 0.485 e. The normalized spacial score (nSPS) is 11.3. The molecule has 2 aromatic carbocycles. The van der Waals surface area contributed by atoms with Gasteiger partial charge in [0.1, 0.15) is 35.4 Å². The average Bonchev–Trinajstić information content (AvgIpc) is 3.21. The van der Waals surface area contributed by atoms with Gasteiger partial charge in [0, 0.05) is 23.5 Å². The maximum atomic E-state index is 14.4. The van der Waals surface area contributed by atoms with E-state index in [1.165, 1.54) is 27.4 Å². The molecule has 5 aromatic rings. The molecule has 0 bridgehead atoms. The standard InChI is InChI=1S/C26H18ClF3N4O2/c1-14-11-21(32-34(14)22-12-16(28)8-9-20(22)30)24-15(2)31-25-23(7-4-10-33(25)26(24)35)36-13-17-18(27)5-3-6-19(17)29/h3-12H,13H2,1-2H3. The van der Waals surface area contributed by atoms with Crippen LogP contribution in [0.3, 0.4) is 0 Å². The first-order valence-electron chi connectivity index (χ1n) is 10.8. The molecule has 0 N–H and O–H groups in total. The first-order chi connectivity index (χ1) is 17.2. The Hall–Kier alpha value is -4.11. The summed E-state index contributed by atoms with van der Waals surface area (Å²) in [5.74, 6) is -1.52. The van der Waals surface area contributed by atoms with Crippen LogP contribution in [-0.2, 0) is 6.61 Å². The van der Waals surface area contributed by atoms with Gasteiger partial charge in [-0.2, -0.15) is 5.10 Å². The molecule has 0 radical (unpaired) electrons. The van der Waals surface area contributed by atoms with E-state index in [0.29, 0.717) is 11.4 Å². The van der Waals surface area contributed by atoms with Gasteiger partial charge in [0.05, 0.1) is 16.3 Å². The summed E-state index contributed by atoms with van der Waals surface area (Å²) in [6.07, 6.45) is 1.52. The van der Waals surface area contributed by atoms with Crippen molar-refractivity contribution in [3.63, 3.8) is 0 Å². The number of hydrogen-bond acceptors (Lipinski definition) is 4. The van der Waals surface area contributed by atoms with E-state index in [1.807, 2.05) is 0 Å². The zero-order chi connectivity index (χ0) is 25.6. The number of aryl methyl sites for hydroxylation is 2. The summed E-state index contributed by atoms with van der Waals surface area (Å²) in [5, 5.41) is 4.59. The Morgan fingerprint density at radius 2 is 1.81 bits per heavy atom. The lowest BCUT2D eigenvalue weighted by Gasteiger charge is -2.12. The Bertz CT molecular complexity index is 1680. The smallest absolute Gasteiger partial charge is 0.267 e. The molecule has 3 heterocycles. The first-order valence-corrected chi connectivity index (χ1v) is 11.2. The van der Waals surface area contributed by atoms with Gasteiger partial charge in [-0.1, -0.05) is 17.7 Å². The van der Waals surface area contributed by atoms with Crippen LogP contribution in [0.15, 0.2) is 65.6 Å². The van der Waals surface area contributed by atoms with E-state index in [-0.39, 0.29) is 45.5 Å². The van der Waals surface area contributed by atoms with Crippen LogP contribution in [0.2, 0.25) is 5.02 Å². The maximum absolute atomic E-state index is 14.4. The second-order valence-corrected chi connectivity index (χ2v) is 8.52. The van der Waals surface area contributed by atoms with Crippen LogP contribution in [0.4, 0.5) is 13.2 Å². The van der Waals surface area contributed by atoms with Crippen molar-refractivity contribution in [2.45, 2.75) is 20.5 Å². The second kappa shape index (κ2) is 9.16. The molecule has 36 heavy (non-hydrogen) atoms. The van der Waals surface area contributed by atoms with Gasteiger partial charge >= 0.3 is 0 Å². The van der Waals surface area contributed by atoms with Crippen LogP contribution in [0, 0.1) is 31.3 Å². The van der Waals surface area contributed by atoms with Crippen LogP contribution in [-0.4, -0.2) is 19.2 Å². The lowest BCUT2D eigenvalue weighted by atomic mass is 10.1. The molecule has 0 spiro atoms. The number of rotatable bonds is 5. The Kier molecular flexibility index (Phi) is 6.01. The summed E-state index contributed by atoms with van der Waals surface area (Å²) in [6, 6.07) is 12.2. The van der Waals surface area contributed by atoms with Crippen molar-refractivity contribution >= 4 is 17.2 Å². The zero-order valence-corrected chi connectivity index (χ0v) is 19.9. The fourth-order valence-corrected chi connectivity index (χ4v) is 4.18. The molecule has 10 heteroatoms. The molecule has 6 nitrogen and oxygen atoms in total. The average molecular weight is 511 g/mol. The molecule has 3 aromatic heterocycles. The van der Waals surface area contributed by atoms with Crippen molar-refractivity contribution < 1.29 is 17.9 Å². The van der Waals surface area contributed by atoms with Crippen molar-refractivity contribution in [2.75, 3.05) is 0 Å². The minimum Gasteiger partial charge on any atom is -0.485 e. The number of pyridine rings is 1. The van der Waals surface area contributed by atoms with E-state index >= 15 is 0 Å². The van der Waals surface area contributed by atoms with E-state index in [4.69, 9.17) is 16.3 Å². The third-order valence-electron chi connectivity index (χ3n) is 5.71. The Morgan fingerprint density at radius 3 is 2.58 bits per heavy atom. The molecule has 0 saturated heterocycles. The van der Waals surface area contributed by atoms with Crippen molar-refractivity contribution in [1.82, 2.24) is 19.2 Å². The van der Waals surface area contributed by atoms with Gasteiger partial charge in [-0.25, -0.2) is 22.8 Å². The van der Waals surface area contributed by atoms with Gasteiger partial charge < -0.3 is 4.74 Å². The lowest BCUT2D eigenvalue weighted by Crippen LogP contribution is -2.19. The number of nitrogens with zero attached hydrogens (tertiary/aromatic N) is 4. The molecule has 0 unspecified atom stereocenters. The van der Waals surface area contributed by atoms with Crippen LogP contribution < -0.4 is 10.3 Å². The molecular formula is C26H18ClF3N4O2. The fraction of sp³-hybridized carbons (Fsp3) is 0.115. The minimum atomic E-state index is -0.657. The highest BCUT2D eigenvalue weighted by molar-refractivity contribution is 6.31. The lowest BCUT2D eigenvalue weighted by molar-refractivity contribution is 0.301. The highest BCUT2D eigenvalue weighted by Crippen LogP contribution is 2.26. The van der Waals surface area contributed by atoms with Crippen molar-refractivity contribution in [1.29, 1.82) is 0 Å². The highest BCUT2D eigenvalue weighted by Gasteiger charge is 2.20. The minimum absolute atomic E-state index is 0.0762. The van der Waals surface area contributed by atoms with Gasteiger partial charge in [-0.05, 0) is 56.3 Å². The fourth-order valence-electron chi connectivity index (χ4n) is 3.96. The van der Waals surface area contributed by atoms with Crippen LogP contribution in [0.25, 0.3) is 22.6 Å². The molecule has 0 atom stereocenters. The highest BCUT2D eigenvalue weighted by atomic mass is 35.5. The molecule has 0 aliphatic rings. The molecule has 182 valence electrons. The SMILES string of the molecule is Cc1nc2c(OCc3c(F)cccc3Cl)cccn2c(=O)c1-c1cc(C)n(-c2cc(F)ccc2F)n1. The molecule has 5 rings (SSSR count). The summed E-state index contributed by atoms with van der Waals surface area (Å²) in [6.45, 7) is 3.14. The topological polar surface area (TPSA) is 61.4 Å². The van der Waals surface area contributed by atoms with Crippen LogP contribution >= 0.6 is 11.6 Å². The van der Waals surface area contributed by atoms with E-state index < -0.39 is 23.0 Å². The Labute approximate surface area is 208 Å². The van der Waals surface area contributed by atoms with Gasteiger partial charge in [0.15, 0.2) is 11.4 Å². The summed E-state index contributed by atoms with van der Waals surface area (Å²) in [7, 11) is 0. The maximum Gasteiger partial charge on any atom is 0.267 e. The third-order valence-corrected chi connectivity index (χ3v) is 6.07. The summed E-state index contributed by atoms with van der Waals surface area (Å²) in [4.78, 5) is 18.0. The molecule has 0 amide bonds. The van der Waals surface area contributed by atoms with Crippen molar-refractivity contribution in [3.05, 3.63) is 111 Å². The monoisotopic (exact) mass is 510 g/mol. The first kappa shape index (κ1) is 23.6. The van der Waals surface area contributed by atoms with Gasteiger partial charge in [0.25, 0.3) is 5.56 Å². The van der Waals surface area contributed by atoms with Crippen LogP contribution in [0.5, 0.6) is 5.75 Å². The predicted octanol–water partition coefficient (Wildman–Crippen LogP) is 5.81. The number of halogens is 4. The number of ether oxygens (including phenoxy) is 1. The van der Waals surface area contributed by atoms with Crippen molar-refractivity contribution in [3.8, 4) is 22.7 Å². The Balaban J connectivity index is 1.57. The summed E-state index contributed by atoms with van der Waals surface area (Å²) in [5.41, 5.74) is 1.20. The van der Waals surface area contributed by atoms with Crippen LogP contribution in [0.1, 0.15) is 17.0 Å². The summed E-state index contributed by atoms with van der Waals surface area (Å²) < 4.78 is 50.6. The predicted molar refractivity (Wildman–Crippen MR) is 129 cm³/mol. The summed E-state index contributed by atoms with van der Waals surface area (Å²) >= 11 is 6.09. The van der Waals surface area contributed by atoms with Crippen molar-refractivity contribution in [2.24, 2.45) is 0 Å². The van der Waals surface area contributed by atoms with Gasteiger partial charge in [0.2, 0.25) is 0 Å². The molecule has 0 aliphatic heterocycles. The molecule has 0 fully saturated rings. The number of aromatic nitrogens is 4. The third kappa shape index (κ3) is 4.11. The van der Waals surface area contributed by atoms with E-state index in [9.17, 15) is 18.0 Å². The zero-order valence-electron chi connectivity index (χ0n) is 19.1. The van der Waals surface area contributed by atoms with Gasteiger partial charge in [-0.15, -0.1) is 0 Å². The molecule has 0 saturated carbocycles. The number of hydrogen-bond donors (Lipinski definition) is 0. The van der Waals surface area contributed by atoms with E-state index in [1.54, 1.807) is 38.1 Å². The second-order valence-electron chi connectivity index (χ2n) is 8.11. The number of benzene rings is 2. The van der Waals surface area contributed by atoms with Gasteiger partial charge in [-0.3, -0.25) is 9.20 Å². The molecule has 0 aliphatic carbocycles. The van der Waals surface area contributed by atoms with E-state index in [0.717, 1.165) is 18.2 Å². The number of fused-ring (bicyclic) bond motifs is 1. The molecular weight excluding hydrogens is 493 g/mol. The quantitative estimate of drug-likeness (QED) is 0.299. The Morgan fingerprint density at radius 1 is 1.00 bits per heavy atom.